The first kappa shape index (κ1) is 15.4. The number of ether oxygens (including phenoxy) is 1. The minimum atomic E-state index is -0.810. The van der Waals surface area contributed by atoms with Crippen molar-refractivity contribution in [2.75, 3.05) is 24.6 Å². The number of piperidine rings is 1. The van der Waals surface area contributed by atoms with Crippen LogP contribution in [0.25, 0.3) is 0 Å². The number of carbonyl (C=O) groups excluding carboxylic acids is 1. The molecule has 0 aromatic heterocycles. The van der Waals surface area contributed by atoms with Crippen LogP contribution in [0.4, 0.5) is 5.69 Å². The molecule has 5 aliphatic rings. The minimum Gasteiger partial charge on any atom is -0.368 e. The highest BCUT2D eigenvalue weighted by atomic mass is 16.6. The molecule has 6 rings (SSSR count). The number of aliphatic hydroxyl groups excluding tert-OH is 1. The molecule has 1 spiro atoms. The van der Waals surface area contributed by atoms with E-state index in [-0.39, 0.29) is 23.3 Å². The van der Waals surface area contributed by atoms with Gasteiger partial charge >= 0.3 is 0 Å². The van der Waals surface area contributed by atoms with Gasteiger partial charge in [0.15, 0.2) is 6.29 Å². The van der Waals surface area contributed by atoms with Gasteiger partial charge < -0.3 is 19.6 Å². The molecule has 4 aliphatic heterocycles. The number of nitrogens with one attached hydrogen (secondary N) is 1. The molecule has 7 atom stereocenters. The molecule has 5 heteroatoms. The zero-order valence-corrected chi connectivity index (χ0v) is 15.0. The van der Waals surface area contributed by atoms with E-state index in [1.807, 2.05) is 11.0 Å². The summed E-state index contributed by atoms with van der Waals surface area (Å²) in [7, 11) is 0. The van der Waals surface area contributed by atoms with E-state index < -0.39 is 6.29 Å². The number of benzene rings is 1. The van der Waals surface area contributed by atoms with Gasteiger partial charge in [-0.25, -0.2) is 0 Å². The fourth-order valence-corrected chi connectivity index (χ4v) is 7.21. The molecule has 1 aliphatic carbocycles. The smallest absolute Gasteiger partial charge is 0.224 e. The predicted octanol–water partition coefficient (Wildman–Crippen LogP) is 0.241. The number of hydrogen-bond acceptors (Lipinski definition) is 3. The molecule has 2 N–H and O–H groups in total. The maximum absolute atomic E-state index is 12.8. The Balaban J connectivity index is 1.64. The van der Waals surface area contributed by atoms with E-state index in [0.29, 0.717) is 18.6 Å². The molecule has 136 valence electrons. The molecule has 5 nitrogen and oxygen atoms in total. The van der Waals surface area contributed by atoms with E-state index in [1.165, 1.54) is 11.1 Å². The summed E-state index contributed by atoms with van der Waals surface area (Å²) in [5, 5.41) is 11.0. The summed E-state index contributed by atoms with van der Waals surface area (Å²) in [5.41, 5.74) is 3.77. The first-order chi connectivity index (χ1) is 12.6. The van der Waals surface area contributed by atoms with Gasteiger partial charge in [-0.05, 0) is 17.2 Å². The van der Waals surface area contributed by atoms with Gasteiger partial charge in [0.1, 0.15) is 6.04 Å². The lowest BCUT2D eigenvalue weighted by Crippen LogP contribution is -3.16. The Morgan fingerprint density at radius 3 is 3.08 bits per heavy atom. The van der Waals surface area contributed by atoms with E-state index in [0.717, 1.165) is 31.6 Å². The first-order valence-corrected chi connectivity index (χ1v) is 9.85. The second-order valence-corrected chi connectivity index (χ2v) is 8.70. The van der Waals surface area contributed by atoms with Gasteiger partial charge in [-0.1, -0.05) is 24.3 Å². The van der Waals surface area contributed by atoms with Crippen LogP contribution in [0.5, 0.6) is 0 Å². The van der Waals surface area contributed by atoms with Crippen LogP contribution in [0.15, 0.2) is 35.9 Å². The highest BCUT2D eigenvalue weighted by molar-refractivity contribution is 5.96. The van der Waals surface area contributed by atoms with Gasteiger partial charge in [-0.15, -0.1) is 0 Å². The maximum Gasteiger partial charge on any atom is 0.224 e. The van der Waals surface area contributed by atoms with Gasteiger partial charge in [-0.2, -0.15) is 0 Å². The molecule has 0 radical (unpaired) electrons. The average Bonchev–Trinajstić information content (AvgIpc) is 3.10. The SMILES string of the molecule is CC(=O)N1c2ccccc2[C@@]23CC[NH+]4CC5=CCOC(O)[C@@H]([C@H]12)[C@H]5C[C@H]43. The van der Waals surface area contributed by atoms with Crippen molar-refractivity contribution >= 4 is 11.6 Å². The molecule has 2 bridgehead atoms. The fourth-order valence-electron chi connectivity index (χ4n) is 7.21. The summed E-state index contributed by atoms with van der Waals surface area (Å²) >= 11 is 0. The molecule has 26 heavy (non-hydrogen) atoms. The predicted molar refractivity (Wildman–Crippen MR) is 95.8 cm³/mol. The maximum atomic E-state index is 12.8. The molecule has 1 amide bonds. The summed E-state index contributed by atoms with van der Waals surface area (Å²) < 4.78 is 5.79. The molecule has 1 saturated carbocycles. The number of nitrogens with zero attached hydrogens (tertiary/aromatic N) is 1. The second kappa shape index (κ2) is 4.97. The van der Waals surface area contributed by atoms with Gasteiger partial charge in [0.2, 0.25) is 5.91 Å². The number of hydrogen-bond donors (Lipinski definition) is 2. The number of aliphatic hydroxyl groups is 1. The van der Waals surface area contributed by atoms with E-state index in [1.54, 1.807) is 11.8 Å². The topological polar surface area (TPSA) is 54.2 Å². The van der Waals surface area contributed by atoms with Crippen molar-refractivity contribution in [2.24, 2.45) is 11.8 Å². The molecule has 2 saturated heterocycles. The Bertz CT molecular complexity index is 836. The van der Waals surface area contributed by atoms with Crippen molar-refractivity contribution in [3.05, 3.63) is 41.5 Å². The third-order valence-electron chi connectivity index (χ3n) is 7.95. The Hall–Kier alpha value is -1.69. The molecular formula is C21H25N2O3+. The summed E-state index contributed by atoms with van der Waals surface area (Å²) in [6.45, 7) is 4.36. The van der Waals surface area contributed by atoms with Gasteiger partial charge in [-0.3, -0.25) is 4.79 Å². The second-order valence-electron chi connectivity index (χ2n) is 8.70. The number of anilines is 1. The number of rotatable bonds is 0. The summed E-state index contributed by atoms with van der Waals surface area (Å²) in [6.07, 6.45) is 3.57. The van der Waals surface area contributed by atoms with Crippen LogP contribution in [0.1, 0.15) is 25.3 Å². The van der Waals surface area contributed by atoms with Crippen molar-refractivity contribution in [1.29, 1.82) is 0 Å². The Morgan fingerprint density at radius 1 is 1.38 bits per heavy atom. The van der Waals surface area contributed by atoms with Crippen molar-refractivity contribution in [2.45, 2.75) is 43.6 Å². The third-order valence-corrected chi connectivity index (χ3v) is 7.95. The monoisotopic (exact) mass is 353 g/mol. The van der Waals surface area contributed by atoms with Crippen LogP contribution >= 0.6 is 0 Å². The van der Waals surface area contributed by atoms with Gasteiger partial charge in [0.25, 0.3) is 0 Å². The first-order valence-electron chi connectivity index (χ1n) is 9.85. The average molecular weight is 353 g/mol. The third kappa shape index (κ3) is 1.61. The Kier molecular flexibility index (Phi) is 2.94. The van der Waals surface area contributed by atoms with Crippen LogP contribution in [-0.4, -0.2) is 49.1 Å². The summed E-state index contributed by atoms with van der Waals surface area (Å²) in [5.74, 6) is 0.360. The van der Waals surface area contributed by atoms with E-state index in [2.05, 4.69) is 24.3 Å². The van der Waals surface area contributed by atoms with Crippen LogP contribution in [0, 0.1) is 11.8 Å². The zero-order valence-electron chi connectivity index (χ0n) is 15.0. The van der Waals surface area contributed by atoms with Crippen molar-refractivity contribution in [3.63, 3.8) is 0 Å². The standard InChI is InChI=1S/C21H24N2O3/c1-12(24)23-16-5-3-2-4-15(16)21-7-8-22-11-13-6-9-26-20(25)18(19(21)23)14(13)10-17(21)22/h2-6,14,17-20,25H,7-11H2,1H3/p+1/t14-,17-,18+,19-,20?,21+/m0/s1. The normalized spacial score (nSPS) is 44.8. The Labute approximate surface area is 153 Å². The lowest BCUT2D eigenvalue weighted by atomic mass is 9.55. The van der Waals surface area contributed by atoms with E-state index >= 15 is 0 Å². The van der Waals surface area contributed by atoms with Crippen LogP contribution in [-0.2, 0) is 14.9 Å². The van der Waals surface area contributed by atoms with Gasteiger partial charge in [0, 0.05) is 37.3 Å². The van der Waals surface area contributed by atoms with Crippen LogP contribution in [0.3, 0.4) is 0 Å². The number of fused-ring (bicyclic) bond motifs is 2. The number of quaternary nitrogens is 1. The molecule has 1 aromatic rings. The summed E-state index contributed by atoms with van der Waals surface area (Å²) in [4.78, 5) is 16.5. The number of carbonyl (C=O) groups is 1. The highest BCUT2D eigenvalue weighted by Gasteiger charge is 2.71. The van der Waals surface area contributed by atoms with E-state index in [4.69, 9.17) is 4.74 Å². The lowest BCUT2D eigenvalue weighted by molar-refractivity contribution is -0.916. The number of amides is 1. The fraction of sp³-hybridized carbons (Fsp3) is 0.571. The largest absolute Gasteiger partial charge is 0.368 e. The van der Waals surface area contributed by atoms with Crippen LogP contribution < -0.4 is 9.80 Å². The molecule has 3 fully saturated rings. The van der Waals surface area contributed by atoms with E-state index in [9.17, 15) is 9.90 Å². The molecule has 4 heterocycles. The highest BCUT2D eigenvalue weighted by Crippen LogP contribution is 2.60. The minimum absolute atomic E-state index is 0.00421. The molecular weight excluding hydrogens is 328 g/mol. The lowest BCUT2D eigenvalue weighted by Gasteiger charge is -2.54. The van der Waals surface area contributed by atoms with Crippen molar-refractivity contribution in [1.82, 2.24) is 0 Å². The van der Waals surface area contributed by atoms with Crippen LogP contribution in [0.2, 0.25) is 0 Å². The quantitative estimate of drug-likeness (QED) is 0.657. The van der Waals surface area contributed by atoms with Crippen molar-refractivity contribution < 1.29 is 19.5 Å². The Morgan fingerprint density at radius 2 is 2.23 bits per heavy atom. The molecule has 1 aromatic carbocycles. The molecule has 2 unspecified atom stereocenters. The zero-order chi connectivity index (χ0) is 17.6. The number of para-hydroxylation sites is 1. The van der Waals surface area contributed by atoms with Crippen molar-refractivity contribution in [3.8, 4) is 0 Å². The van der Waals surface area contributed by atoms with Gasteiger partial charge in [0.05, 0.1) is 31.2 Å². The summed E-state index contributed by atoms with van der Waals surface area (Å²) in [6, 6.07) is 8.97.